The van der Waals surface area contributed by atoms with Crippen LogP contribution in [0.25, 0.3) is 5.82 Å². The lowest BCUT2D eigenvalue weighted by Gasteiger charge is -2.32. The fourth-order valence-corrected chi connectivity index (χ4v) is 3.24. The first-order chi connectivity index (χ1) is 12.7. The molecule has 1 saturated heterocycles. The van der Waals surface area contributed by atoms with Gasteiger partial charge in [-0.1, -0.05) is 5.21 Å². The molecule has 0 aromatic carbocycles. The van der Waals surface area contributed by atoms with Crippen molar-refractivity contribution in [3.8, 4) is 5.82 Å². The Hall–Kier alpha value is -2.81. The van der Waals surface area contributed by atoms with Crippen molar-refractivity contribution in [1.82, 2.24) is 34.7 Å². The molecular weight excluding hydrogens is 332 g/mol. The number of aromatic nitrogens is 7. The number of hydrogen-bond donors (Lipinski definition) is 0. The predicted octanol–water partition coefficient (Wildman–Crippen LogP) is 1.55. The molecule has 0 spiro atoms. The maximum atomic E-state index is 5.11. The van der Waals surface area contributed by atoms with E-state index in [2.05, 4.69) is 30.3 Å². The van der Waals surface area contributed by atoms with Crippen molar-refractivity contribution in [2.45, 2.75) is 32.4 Å². The second-order valence-corrected chi connectivity index (χ2v) is 6.54. The van der Waals surface area contributed by atoms with E-state index in [1.54, 1.807) is 18.1 Å². The van der Waals surface area contributed by atoms with Crippen LogP contribution in [-0.2, 0) is 11.3 Å². The molecule has 0 radical (unpaired) electrons. The zero-order chi connectivity index (χ0) is 17.9. The van der Waals surface area contributed by atoms with Crippen molar-refractivity contribution >= 4 is 5.82 Å². The van der Waals surface area contributed by atoms with Crippen LogP contribution in [0.4, 0.5) is 5.82 Å². The normalized spacial score (nSPS) is 15.5. The molecule has 3 aromatic heterocycles. The third-order valence-electron chi connectivity index (χ3n) is 4.60. The Morgan fingerprint density at radius 2 is 1.96 bits per heavy atom. The molecule has 1 aliphatic rings. The van der Waals surface area contributed by atoms with Crippen molar-refractivity contribution in [2.75, 3.05) is 25.1 Å². The lowest BCUT2D eigenvalue weighted by molar-refractivity contribution is 0.181. The summed E-state index contributed by atoms with van der Waals surface area (Å²) < 4.78 is 8.85. The highest BCUT2D eigenvalue weighted by Gasteiger charge is 2.23. The van der Waals surface area contributed by atoms with Gasteiger partial charge in [0, 0.05) is 32.5 Å². The van der Waals surface area contributed by atoms with Gasteiger partial charge in [-0.25, -0.2) is 19.3 Å². The molecule has 26 heavy (non-hydrogen) atoms. The number of anilines is 1. The van der Waals surface area contributed by atoms with Gasteiger partial charge in [0.15, 0.2) is 5.82 Å². The van der Waals surface area contributed by atoms with Gasteiger partial charge in [0.1, 0.15) is 17.8 Å². The van der Waals surface area contributed by atoms with Crippen LogP contribution < -0.4 is 4.90 Å². The molecule has 9 nitrogen and oxygen atoms in total. The summed E-state index contributed by atoms with van der Waals surface area (Å²) in [6.07, 6.45) is 9.35. The Morgan fingerprint density at radius 3 is 2.69 bits per heavy atom. The Labute approximate surface area is 151 Å². The van der Waals surface area contributed by atoms with E-state index in [0.29, 0.717) is 12.6 Å². The van der Waals surface area contributed by atoms with E-state index in [0.717, 1.165) is 48.8 Å². The minimum Gasteiger partial charge on any atom is -0.378 e. The second-order valence-electron chi connectivity index (χ2n) is 6.54. The first-order valence-corrected chi connectivity index (χ1v) is 8.71. The van der Waals surface area contributed by atoms with Gasteiger partial charge in [0.2, 0.25) is 0 Å². The highest BCUT2D eigenvalue weighted by Crippen LogP contribution is 2.25. The summed E-state index contributed by atoms with van der Waals surface area (Å²) in [7, 11) is 1.66. The molecule has 1 aliphatic heterocycles. The molecule has 1 fully saturated rings. The molecule has 0 aliphatic carbocycles. The number of rotatable bonds is 5. The number of methoxy groups -OCH3 is 1. The molecule has 4 heterocycles. The molecule has 9 heteroatoms. The summed E-state index contributed by atoms with van der Waals surface area (Å²) in [4.78, 5) is 11.1. The molecule has 3 aromatic rings. The van der Waals surface area contributed by atoms with E-state index in [4.69, 9.17) is 4.74 Å². The van der Waals surface area contributed by atoms with Gasteiger partial charge in [-0.3, -0.25) is 0 Å². The molecule has 136 valence electrons. The Morgan fingerprint density at radius 1 is 1.15 bits per heavy atom. The summed E-state index contributed by atoms with van der Waals surface area (Å²) in [5.74, 6) is 1.71. The monoisotopic (exact) mass is 354 g/mol. The number of nitrogens with zero attached hydrogens (tertiary/aromatic N) is 8. The number of ether oxygens (including phenoxy) is 1. The van der Waals surface area contributed by atoms with Gasteiger partial charge in [-0.2, -0.15) is 5.10 Å². The Bertz CT molecular complexity index is 865. The van der Waals surface area contributed by atoms with E-state index < -0.39 is 0 Å². The maximum absolute atomic E-state index is 5.11. The van der Waals surface area contributed by atoms with Crippen LogP contribution >= 0.6 is 0 Å². The molecule has 0 N–H and O–H groups in total. The molecule has 0 bridgehead atoms. The van der Waals surface area contributed by atoms with Crippen LogP contribution in [0.15, 0.2) is 31.0 Å². The lowest BCUT2D eigenvalue weighted by Crippen LogP contribution is -2.35. The first-order valence-electron chi connectivity index (χ1n) is 8.71. The van der Waals surface area contributed by atoms with Crippen molar-refractivity contribution in [3.05, 3.63) is 42.2 Å². The minimum atomic E-state index is 0.361. The van der Waals surface area contributed by atoms with E-state index in [-0.39, 0.29) is 0 Å². The highest BCUT2D eigenvalue weighted by molar-refractivity contribution is 5.43. The summed E-state index contributed by atoms with van der Waals surface area (Å²) in [6, 6.07) is 2.35. The number of aryl methyl sites for hydroxylation is 1. The zero-order valence-corrected chi connectivity index (χ0v) is 15.0. The van der Waals surface area contributed by atoms with Crippen molar-refractivity contribution in [2.24, 2.45) is 0 Å². The summed E-state index contributed by atoms with van der Waals surface area (Å²) in [5, 5.41) is 12.7. The SMILES string of the molecule is COCc1cn(C2CCN(c3cc(-n4cc(C)cn4)ncn3)CC2)nn1. The van der Waals surface area contributed by atoms with Gasteiger partial charge in [0.25, 0.3) is 0 Å². The van der Waals surface area contributed by atoms with Crippen molar-refractivity contribution in [3.63, 3.8) is 0 Å². The van der Waals surface area contributed by atoms with E-state index in [1.807, 2.05) is 36.3 Å². The van der Waals surface area contributed by atoms with Gasteiger partial charge in [-0.05, 0) is 25.3 Å². The smallest absolute Gasteiger partial charge is 0.158 e. The quantitative estimate of drug-likeness (QED) is 0.687. The molecule has 0 amide bonds. The van der Waals surface area contributed by atoms with Crippen molar-refractivity contribution in [1.29, 1.82) is 0 Å². The summed E-state index contributed by atoms with van der Waals surface area (Å²) in [6.45, 7) is 4.34. The van der Waals surface area contributed by atoms with E-state index in [9.17, 15) is 0 Å². The molecule has 0 atom stereocenters. The van der Waals surface area contributed by atoms with Crippen LogP contribution in [0.3, 0.4) is 0 Å². The van der Waals surface area contributed by atoms with Gasteiger partial charge in [0.05, 0.1) is 25.0 Å². The third-order valence-corrected chi connectivity index (χ3v) is 4.60. The Kier molecular flexibility index (Phi) is 4.61. The predicted molar refractivity (Wildman–Crippen MR) is 95.1 cm³/mol. The molecular formula is C17H22N8O. The van der Waals surface area contributed by atoms with Gasteiger partial charge >= 0.3 is 0 Å². The molecule has 0 saturated carbocycles. The van der Waals surface area contributed by atoms with E-state index >= 15 is 0 Å². The van der Waals surface area contributed by atoms with Crippen LogP contribution in [0.2, 0.25) is 0 Å². The Balaban J connectivity index is 1.43. The fourth-order valence-electron chi connectivity index (χ4n) is 3.24. The number of hydrogen-bond acceptors (Lipinski definition) is 7. The highest BCUT2D eigenvalue weighted by atomic mass is 16.5. The first kappa shape index (κ1) is 16.6. The minimum absolute atomic E-state index is 0.361. The third kappa shape index (κ3) is 3.43. The topological polar surface area (TPSA) is 86.8 Å². The average Bonchev–Trinajstić information content (AvgIpc) is 3.32. The summed E-state index contributed by atoms with van der Waals surface area (Å²) >= 11 is 0. The fraction of sp³-hybridized carbons (Fsp3) is 0.471. The summed E-state index contributed by atoms with van der Waals surface area (Å²) in [5.41, 5.74) is 1.97. The maximum Gasteiger partial charge on any atom is 0.158 e. The molecule has 4 rings (SSSR count). The van der Waals surface area contributed by atoms with Gasteiger partial charge in [-0.15, -0.1) is 5.10 Å². The standard InChI is InChI=1S/C17H22N8O/c1-13-8-20-25(9-13)17-7-16(18-12-19-17)23-5-3-15(4-6-23)24-10-14(11-26-2)21-22-24/h7-10,12,15H,3-6,11H2,1-2H3. The van der Waals surface area contributed by atoms with Crippen LogP contribution in [0, 0.1) is 6.92 Å². The second kappa shape index (κ2) is 7.20. The largest absolute Gasteiger partial charge is 0.378 e. The zero-order valence-electron chi connectivity index (χ0n) is 15.0. The van der Waals surface area contributed by atoms with Crippen LogP contribution in [-0.4, -0.2) is 54.9 Å². The molecule has 0 unspecified atom stereocenters. The lowest BCUT2D eigenvalue weighted by atomic mass is 10.1. The van der Waals surface area contributed by atoms with Crippen LogP contribution in [0.1, 0.15) is 30.1 Å². The van der Waals surface area contributed by atoms with Gasteiger partial charge < -0.3 is 9.64 Å². The van der Waals surface area contributed by atoms with Crippen molar-refractivity contribution < 1.29 is 4.74 Å². The average molecular weight is 354 g/mol. The van der Waals surface area contributed by atoms with Crippen LogP contribution in [0.5, 0.6) is 0 Å². The number of piperidine rings is 1. The van der Waals surface area contributed by atoms with E-state index in [1.165, 1.54) is 0 Å².